The number of hydrogen-bond donors (Lipinski definition) is 1. The molecule has 3 amide bonds. The largest absolute Gasteiger partial charge is 0.480 e. The predicted molar refractivity (Wildman–Crippen MR) is 190 cm³/mol. The number of rotatable bonds is 6. The van der Waals surface area contributed by atoms with Crippen LogP contribution in [-0.4, -0.2) is 129 Å². The number of aliphatic imine (C=N–C) groups is 1. The van der Waals surface area contributed by atoms with Crippen LogP contribution in [-0.2, 0) is 25.4 Å². The maximum Gasteiger partial charge on any atom is 0.410 e. The van der Waals surface area contributed by atoms with Crippen LogP contribution in [0.2, 0.25) is 0 Å². The molecule has 1 N–H and O–H groups in total. The van der Waals surface area contributed by atoms with Crippen LogP contribution in [0.4, 0.5) is 20.1 Å². The molecular weight excluding hydrogens is 650 g/mol. The minimum atomic E-state index is -1.02. The number of hydrogen-bond acceptors (Lipinski definition) is 10. The number of aryl methyl sites for hydroxylation is 1. The van der Waals surface area contributed by atoms with Gasteiger partial charge in [-0.1, -0.05) is 12.1 Å². The van der Waals surface area contributed by atoms with Crippen LogP contribution in [0.3, 0.4) is 0 Å². The first kappa shape index (κ1) is 41.4. The molecule has 0 radical (unpaired) electrons. The summed E-state index contributed by atoms with van der Waals surface area (Å²) in [6.45, 7) is 18.5. The van der Waals surface area contributed by atoms with E-state index in [1.807, 2.05) is 24.0 Å². The van der Waals surface area contributed by atoms with Gasteiger partial charge >= 0.3 is 24.2 Å². The summed E-state index contributed by atoms with van der Waals surface area (Å²) in [5.74, 6) is -1.02. The highest BCUT2D eigenvalue weighted by molar-refractivity contribution is 7.78. The fraction of sp³-hybridized carbons (Fsp3) is 0.686. The van der Waals surface area contributed by atoms with Gasteiger partial charge in [0.2, 0.25) is 0 Å². The second-order valence-corrected chi connectivity index (χ2v) is 15.4. The Hall–Kier alpha value is -3.74. The second kappa shape index (κ2) is 17.8. The fourth-order valence-corrected chi connectivity index (χ4v) is 5.28. The molecule has 0 aliphatic carbocycles. The number of nitrogens with zero attached hydrogens (tertiary/aromatic N) is 5. The van der Waals surface area contributed by atoms with Gasteiger partial charge in [0.15, 0.2) is 0 Å². The van der Waals surface area contributed by atoms with Crippen LogP contribution in [0.15, 0.2) is 29.3 Å². The molecule has 0 saturated carbocycles. The third kappa shape index (κ3) is 15.1. The number of carbonyl (C=O) groups excluding carboxylic acids is 3. The van der Waals surface area contributed by atoms with E-state index in [4.69, 9.17) is 14.2 Å². The van der Waals surface area contributed by atoms with Crippen LogP contribution in [0.25, 0.3) is 0 Å². The maximum atomic E-state index is 13.5. The summed E-state index contributed by atoms with van der Waals surface area (Å²) in [4.78, 5) is 63.4. The predicted octanol–water partition coefficient (Wildman–Crippen LogP) is 6.22. The Kier molecular flexibility index (Phi) is 15.0. The summed E-state index contributed by atoms with van der Waals surface area (Å²) in [6.07, 6.45) is -1.02. The zero-order valence-electron chi connectivity index (χ0n) is 30.8. The lowest BCUT2D eigenvalue weighted by molar-refractivity contribution is -0.144. The number of carbonyl (C=O) groups is 4. The lowest BCUT2D eigenvalue weighted by Crippen LogP contribution is -2.56. The average Bonchev–Trinajstić information content (AvgIpc) is 2.93. The van der Waals surface area contributed by atoms with Crippen LogP contribution in [0.5, 0.6) is 0 Å². The molecule has 1 aromatic carbocycles. The van der Waals surface area contributed by atoms with E-state index >= 15 is 0 Å². The van der Waals surface area contributed by atoms with Gasteiger partial charge in [-0.15, -0.1) is 0 Å². The molecule has 2 rings (SSSR count). The van der Waals surface area contributed by atoms with Crippen molar-refractivity contribution in [2.45, 2.75) is 111 Å². The lowest BCUT2D eigenvalue weighted by Gasteiger charge is -2.40. The van der Waals surface area contributed by atoms with Crippen LogP contribution < -0.4 is 0 Å². The Morgan fingerprint density at radius 3 is 1.59 bits per heavy atom. The van der Waals surface area contributed by atoms with Gasteiger partial charge in [0.05, 0.1) is 10.8 Å². The number of carboxylic acid groups (broad SMARTS) is 1. The van der Waals surface area contributed by atoms with Gasteiger partial charge in [-0.25, -0.2) is 14.4 Å². The van der Waals surface area contributed by atoms with Crippen molar-refractivity contribution in [2.75, 3.05) is 45.8 Å². The van der Waals surface area contributed by atoms with Gasteiger partial charge < -0.3 is 34.0 Å². The third-order valence-corrected chi connectivity index (χ3v) is 7.51. The minimum absolute atomic E-state index is 0.0903. The Balaban J connectivity index is 2.51. The Morgan fingerprint density at radius 1 is 0.776 bits per heavy atom. The van der Waals surface area contributed by atoms with Crippen molar-refractivity contribution in [2.24, 2.45) is 4.99 Å². The van der Waals surface area contributed by atoms with Crippen molar-refractivity contribution in [3.8, 4) is 0 Å². The van der Waals surface area contributed by atoms with E-state index in [1.165, 1.54) is 14.7 Å². The Bertz CT molecular complexity index is 1330. The number of thiocarbonyl (C=S) groups is 1. The van der Waals surface area contributed by atoms with Crippen molar-refractivity contribution >= 4 is 47.3 Å². The summed E-state index contributed by atoms with van der Waals surface area (Å²) in [5, 5.41) is 12.9. The molecule has 274 valence electrons. The molecule has 0 aromatic heterocycles. The highest BCUT2D eigenvalue weighted by Gasteiger charge is 2.35. The number of aliphatic carboxylic acids is 1. The average molecular weight is 706 g/mol. The molecule has 1 aliphatic heterocycles. The molecule has 1 fully saturated rings. The molecule has 2 atom stereocenters. The van der Waals surface area contributed by atoms with E-state index in [0.29, 0.717) is 12.1 Å². The maximum absolute atomic E-state index is 13.5. The monoisotopic (exact) mass is 705 g/mol. The quantitative estimate of drug-likeness (QED) is 0.206. The van der Waals surface area contributed by atoms with E-state index in [2.05, 4.69) is 22.4 Å². The van der Waals surface area contributed by atoms with Gasteiger partial charge in [0.25, 0.3) is 0 Å². The van der Waals surface area contributed by atoms with E-state index in [1.54, 1.807) is 74.4 Å². The molecule has 1 saturated heterocycles. The Morgan fingerprint density at radius 2 is 1.18 bits per heavy atom. The standard InChI is InChI=1S/C35H55N5O8S/c1-25-23-39(32(45)48-35(8,9)10)20-19-37(30(43)46-33(2,3)4)17-18-38(31(44)47-34(5,6)7)21-22-40(25)28(29(41)42)16-13-26-11-14-27(15-12-26)36-24-49/h11-12,14-15,25,28H,13,16-23H2,1-10H3,(H,41,42). The zero-order chi connectivity index (χ0) is 37.2. The highest BCUT2D eigenvalue weighted by Crippen LogP contribution is 2.20. The number of amides is 3. The highest BCUT2D eigenvalue weighted by atomic mass is 32.1. The molecule has 2 unspecified atom stereocenters. The smallest absolute Gasteiger partial charge is 0.410 e. The fourth-order valence-electron chi connectivity index (χ4n) is 5.18. The number of ether oxygens (including phenoxy) is 3. The van der Waals surface area contributed by atoms with E-state index in [9.17, 15) is 24.3 Å². The van der Waals surface area contributed by atoms with Crippen molar-refractivity contribution in [1.82, 2.24) is 19.6 Å². The molecule has 0 bridgehead atoms. The SMILES string of the molecule is CC1CN(C(=O)OC(C)(C)C)CCN(C(=O)OC(C)(C)C)CCN(C(=O)OC(C)(C)C)CCN1C(CCc1ccc(N=C=S)cc1)C(=O)O. The first-order valence-corrected chi connectivity index (χ1v) is 17.1. The van der Waals surface area contributed by atoms with Crippen LogP contribution >= 0.6 is 12.2 Å². The van der Waals surface area contributed by atoms with Crippen molar-refractivity contribution < 1.29 is 38.5 Å². The van der Waals surface area contributed by atoms with Crippen molar-refractivity contribution in [1.29, 1.82) is 0 Å². The van der Waals surface area contributed by atoms with Crippen molar-refractivity contribution in [3.63, 3.8) is 0 Å². The van der Waals surface area contributed by atoms with E-state index < -0.39 is 53.1 Å². The van der Waals surface area contributed by atoms with Gasteiger partial charge in [-0.2, -0.15) is 4.99 Å². The summed E-state index contributed by atoms with van der Waals surface area (Å²) < 4.78 is 17.1. The topological polar surface area (TPSA) is 142 Å². The van der Waals surface area contributed by atoms with Gasteiger partial charge in [-0.3, -0.25) is 9.69 Å². The zero-order valence-corrected chi connectivity index (χ0v) is 31.6. The number of benzene rings is 1. The van der Waals surface area contributed by atoms with Gasteiger partial charge in [-0.05, 0) is 112 Å². The van der Waals surface area contributed by atoms with Crippen LogP contribution in [0, 0.1) is 0 Å². The first-order valence-electron chi connectivity index (χ1n) is 16.7. The summed E-state index contributed by atoms with van der Waals surface area (Å²) >= 11 is 4.68. The first-order chi connectivity index (χ1) is 22.6. The van der Waals surface area contributed by atoms with Crippen molar-refractivity contribution in [3.05, 3.63) is 29.8 Å². The molecular formula is C35H55N5O8S. The molecule has 0 spiro atoms. The summed E-state index contributed by atoms with van der Waals surface area (Å²) in [7, 11) is 0. The second-order valence-electron chi connectivity index (χ2n) is 15.2. The number of carboxylic acids is 1. The molecule has 1 aliphatic rings. The van der Waals surface area contributed by atoms with Gasteiger partial charge in [0, 0.05) is 51.9 Å². The third-order valence-electron chi connectivity index (χ3n) is 7.42. The normalized spacial score (nSPS) is 17.9. The van der Waals surface area contributed by atoms with Gasteiger partial charge in [0.1, 0.15) is 22.8 Å². The lowest BCUT2D eigenvalue weighted by atomic mass is 10.0. The Labute approximate surface area is 296 Å². The number of isothiocyanates is 1. The molecule has 49 heavy (non-hydrogen) atoms. The molecule has 1 aromatic rings. The van der Waals surface area contributed by atoms with Crippen LogP contribution in [0.1, 0.15) is 81.2 Å². The molecule has 14 heteroatoms. The molecule has 13 nitrogen and oxygen atoms in total. The van der Waals surface area contributed by atoms with E-state index in [0.717, 1.165) is 5.56 Å². The minimum Gasteiger partial charge on any atom is -0.480 e. The molecule has 1 heterocycles. The van der Waals surface area contributed by atoms with E-state index in [-0.39, 0.29) is 52.2 Å². The summed E-state index contributed by atoms with van der Waals surface area (Å²) in [6, 6.07) is 5.89. The summed E-state index contributed by atoms with van der Waals surface area (Å²) in [5.41, 5.74) is -0.752.